The normalized spacial score (nSPS) is 12.1. The van der Waals surface area contributed by atoms with Crippen molar-refractivity contribution in [1.29, 1.82) is 0 Å². The minimum absolute atomic E-state index is 0.103. The van der Waals surface area contributed by atoms with E-state index in [-0.39, 0.29) is 15.8 Å². The Hall–Kier alpha value is -2.05. The zero-order chi connectivity index (χ0) is 18.7. The number of sulfonamides is 1. The summed E-state index contributed by atoms with van der Waals surface area (Å²) in [6.07, 6.45) is 3.46. The fourth-order valence-corrected chi connectivity index (χ4v) is 5.63. The van der Waals surface area contributed by atoms with E-state index < -0.39 is 37.4 Å². The average Bonchev–Trinajstić information content (AvgIpc) is 2.61. The van der Waals surface area contributed by atoms with Crippen molar-refractivity contribution in [3.8, 4) is 0 Å². The standard InChI is InChI=1S/C17H15AsF2N3O2S/c1-2-7-26(24,25)23-15-6-4-13(19)16(17(15)20)18-12-3-5-14-11(8-12)9-21-10-22-14/h3-6,8-10,23H,2,7H2,1H3. The Bertz CT molecular complexity index is 1060. The number of nitrogens with zero attached hydrogens (tertiary/aromatic N) is 2. The van der Waals surface area contributed by atoms with Gasteiger partial charge in [0.05, 0.1) is 0 Å². The first kappa shape index (κ1) is 18.7. The number of rotatable bonds is 6. The van der Waals surface area contributed by atoms with Crippen LogP contribution in [0.3, 0.4) is 0 Å². The molecule has 0 fully saturated rings. The summed E-state index contributed by atoms with van der Waals surface area (Å²) in [7, 11) is -3.66. The fourth-order valence-electron chi connectivity index (χ4n) is 2.38. The zero-order valence-corrected chi connectivity index (χ0v) is 16.5. The van der Waals surface area contributed by atoms with Gasteiger partial charge in [0.15, 0.2) is 0 Å². The van der Waals surface area contributed by atoms with Crippen molar-refractivity contribution in [3.63, 3.8) is 0 Å². The van der Waals surface area contributed by atoms with Gasteiger partial charge < -0.3 is 0 Å². The predicted octanol–water partition coefficient (Wildman–Crippen LogP) is 1.71. The third kappa shape index (κ3) is 4.19. The van der Waals surface area contributed by atoms with Crippen LogP contribution in [0.1, 0.15) is 13.3 Å². The first-order valence-corrected chi connectivity index (χ1v) is 11.3. The van der Waals surface area contributed by atoms with Crippen molar-refractivity contribution in [3.05, 3.63) is 54.5 Å². The van der Waals surface area contributed by atoms with E-state index in [0.717, 1.165) is 27.4 Å². The SMILES string of the molecule is CCCS(=O)(=O)Nc1ccc(F)c([As]c2ccc3ncncc3c2)c1F. The van der Waals surface area contributed by atoms with Crippen molar-refractivity contribution >= 4 is 51.1 Å². The number of anilines is 1. The molecule has 5 nitrogen and oxygen atoms in total. The number of benzene rings is 2. The van der Waals surface area contributed by atoms with Crippen molar-refractivity contribution in [2.45, 2.75) is 13.3 Å². The molecule has 0 aliphatic carbocycles. The molecular weight excluding hydrogens is 423 g/mol. The van der Waals surface area contributed by atoms with Gasteiger partial charge in [-0.3, -0.25) is 0 Å². The van der Waals surface area contributed by atoms with Crippen LogP contribution in [0.15, 0.2) is 42.9 Å². The maximum absolute atomic E-state index is 14.7. The Morgan fingerprint density at radius 3 is 2.77 bits per heavy atom. The Morgan fingerprint density at radius 2 is 2.00 bits per heavy atom. The van der Waals surface area contributed by atoms with Gasteiger partial charge in [0.2, 0.25) is 0 Å². The molecule has 3 aromatic rings. The summed E-state index contributed by atoms with van der Waals surface area (Å²) in [6, 6.07) is 7.52. The van der Waals surface area contributed by atoms with E-state index in [2.05, 4.69) is 14.7 Å². The minimum atomic E-state index is -3.66. The molecule has 1 N–H and O–H groups in total. The third-order valence-electron chi connectivity index (χ3n) is 3.53. The van der Waals surface area contributed by atoms with E-state index >= 15 is 0 Å². The Labute approximate surface area is 156 Å². The molecule has 1 radical (unpaired) electrons. The second-order valence-corrected chi connectivity index (χ2v) is 9.89. The molecular formula is C17H15AsF2N3O2S. The second kappa shape index (κ2) is 7.68. The number of fused-ring (bicyclic) bond motifs is 1. The van der Waals surface area contributed by atoms with Gasteiger partial charge in [-0.1, -0.05) is 0 Å². The van der Waals surface area contributed by atoms with E-state index in [1.165, 1.54) is 6.33 Å². The van der Waals surface area contributed by atoms with Crippen molar-refractivity contribution in [2.24, 2.45) is 0 Å². The molecule has 0 aliphatic rings. The summed E-state index contributed by atoms with van der Waals surface area (Å²) < 4.78 is 55.5. The van der Waals surface area contributed by atoms with E-state index in [9.17, 15) is 17.2 Å². The molecule has 9 heteroatoms. The Balaban J connectivity index is 1.95. The summed E-state index contributed by atoms with van der Waals surface area (Å²) in [5.41, 5.74) is 0.515. The van der Waals surface area contributed by atoms with Crippen LogP contribution in [0.5, 0.6) is 0 Å². The van der Waals surface area contributed by atoms with Gasteiger partial charge in [0, 0.05) is 0 Å². The number of hydrogen-bond acceptors (Lipinski definition) is 4. The summed E-state index contributed by atoms with van der Waals surface area (Å²) in [4.78, 5) is 8.05. The number of nitrogens with one attached hydrogen (secondary N) is 1. The molecule has 1 aromatic heterocycles. The number of halogens is 2. The Morgan fingerprint density at radius 1 is 1.19 bits per heavy atom. The van der Waals surface area contributed by atoms with Gasteiger partial charge in [0.25, 0.3) is 0 Å². The fraction of sp³-hybridized carbons (Fsp3) is 0.176. The molecule has 0 saturated heterocycles. The second-order valence-electron chi connectivity index (χ2n) is 5.56. The van der Waals surface area contributed by atoms with Gasteiger partial charge in [0.1, 0.15) is 0 Å². The molecule has 0 bridgehead atoms. The summed E-state index contributed by atoms with van der Waals surface area (Å²) in [5, 5.41) is 0.779. The summed E-state index contributed by atoms with van der Waals surface area (Å²) >= 11 is -1.02. The van der Waals surface area contributed by atoms with E-state index in [1.807, 2.05) is 0 Å². The molecule has 26 heavy (non-hydrogen) atoms. The van der Waals surface area contributed by atoms with Crippen molar-refractivity contribution in [1.82, 2.24) is 9.97 Å². The number of aromatic nitrogens is 2. The predicted molar refractivity (Wildman–Crippen MR) is 98.6 cm³/mol. The van der Waals surface area contributed by atoms with Crippen LogP contribution >= 0.6 is 0 Å². The molecule has 0 amide bonds. The molecule has 1 heterocycles. The van der Waals surface area contributed by atoms with E-state index in [4.69, 9.17) is 0 Å². The summed E-state index contributed by atoms with van der Waals surface area (Å²) in [6.45, 7) is 1.71. The van der Waals surface area contributed by atoms with Gasteiger partial charge in [-0.25, -0.2) is 0 Å². The molecule has 0 atom stereocenters. The van der Waals surface area contributed by atoms with Gasteiger partial charge in [-0.2, -0.15) is 0 Å². The molecule has 0 spiro atoms. The van der Waals surface area contributed by atoms with Gasteiger partial charge in [-0.15, -0.1) is 0 Å². The first-order valence-electron chi connectivity index (χ1n) is 7.79. The van der Waals surface area contributed by atoms with Crippen LogP contribution < -0.4 is 13.4 Å². The van der Waals surface area contributed by atoms with Crippen molar-refractivity contribution in [2.75, 3.05) is 10.5 Å². The topological polar surface area (TPSA) is 72.0 Å². The number of hydrogen-bond donors (Lipinski definition) is 1. The van der Waals surface area contributed by atoms with Gasteiger partial charge in [-0.05, 0) is 0 Å². The van der Waals surface area contributed by atoms with Crippen LogP contribution in [0.4, 0.5) is 14.5 Å². The van der Waals surface area contributed by atoms with Crippen LogP contribution in [0.2, 0.25) is 0 Å². The first-order chi connectivity index (χ1) is 12.4. The molecule has 2 aromatic carbocycles. The monoisotopic (exact) mass is 438 g/mol. The van der Waals surface area contributed by atoms with Crippen LogP contribution in [0, 0.1) is 11.6 Å². The summed E-state index contributed by atoms with van der Waals surface area (Å²) in [5.74, 6) is -1.68. The van der Waals surface area contributed by atoms with Crippen LogP contribution in [-0.2, 0) is 10.0 Å². The molecule has 0 aliphatic heterocycles. The Kier molecular flexibility index (Phi) is 5.53. The van der Waals surface area contributed by atoms with E-state index in [0.29, 0.717) is 6.42 Å². The van der Waals surface area contributed by atoms with Crippen LogP contribution in [0.25, 0.3) is 10.9 Å². The van der Waals surface area contributed by atoms with Crippen molar-refractivity contribution < 1.29 is 17.2 Å². The third-order valence-corrected chi connectivity index (χ3v) is 7.47. The maximum atomic E-state index is 14.7. The zero-order valence-electron chi connectivity index (χ0n) is 13.8. The molecule has 0 unspecified atom stereocenters. The molecule has 0 saturated carbocycles. The average molecular weight is 438 g/mol. The van der Waals surface area contributed by atoms with Gasteiger partial charge >= 0.3 is 157 Å². The van der Waals surface area contributed by atoms with Crippen LogP contribution in [-0.4, -0.2) is 39.9 Å². The quantitative estimate of drug-likeness (QED) is 0.595. The van der Waals surface area contributed by atoms with E-state index in [1.54, 1.807) is 31.3 Å². The molecule has 135 valence electrons. The molecule has 3 rings (SSSR count).